The van der Waals surface area contributed by atoms with Crippen molar-refractivity contribution in [3.63, 3.8) is 0 Å². The van der Waals surface area contributed by atoms with Crippen molar-refractivity contribution in [2.24, 2.45) is 0 Å². The van der Waals surface area contributed by atoms with Crippen molar-refractivity contribution >= 4 is 45.2 Å². The van der Waals surface area contributed by atoms with Crippen LogP contribution in [-0.4, -0.2) is 17.1 Å². The number of anilines is 1. The van der Waals surface area contributed by atoms with Crippen molar-refractivity contribution in [3.8, 4) is 0 Å². The fourth-order valence-corrected chi connectivity index (χ4v) is 3.87. The van der Waals surface area contributed by atoms with E-state index in [-0.39, 0.29) is 18.2 Å². The molecule has 0 saturated heterocycles. The number of rotatable bonds is 4. The summed E-state index contributed by atoms with van der Waals surface area (Å²) in [5.74, 6) is -0.247. The van der Waals surface area contributed by atoms with Crippen molar-refractivity contribution in [2.75, 3.05) is 5.32 Å². The molecule has 2 amide bonds. The molecule has 2 aromatic rings. The van der Waals surface area contributed by atoms with E-state index in [0.717, 1.165) is 20.6 Å². The highest BCUT2D eigenvalue weighted by molar-refractivity contribution is 9.10. The number of fused-ring (bicyclic) bond motifs is 1. The average Bonchev–Trinajstić information content (AvgIpc) is 2.54. The molecule has 0 fully saturated rings. The van der Waals surface area contributed by atoms with Crippen LogP contribution in [0.2, 0.25) is 0 Å². The quantitative estimate of drug-likeness (QED) is 0.838. The number of halogens is 1. The van der Waals surface area contributed by atoms with E-state index in [1.165, 1.54) is 11.8 Å². The zero-order valence-electron chi connectivity index (χ0n) is 12.2. The minimum Gasteiger partial charge on any atom is -0.352 e. The Morgan fingerprint density at radius 2 is 2.04 bits per heavy atom. The van der Waals surface area contributed by atoms with Gasteiger partial charge >= 0.3 is 0 Å². The molecule has 0 bridgehead atoms. The maximum absolute atomic E-state index is 12.1. The molecular formula is C17H15BrN2O2S. The van der Waals surface area contributed by atoms with Gasteiger partial charge in [0.1, 0.15) is 0 Å². The number of thioether (sulfide) groups is 1. The van der Waals surface area contributed by atoms with Gasteiger partial charge in [0.2, 0.25) is 11.8 Å². The van der Waals surface area contributed by atoms with E-state index in [2.05, 4.69) is 26.6 Å². The molecule has 0 radical (unpaired) electrons. The van der Waals surface area contributed by atoms with Crippen LogP contribution >= 0.6 is 27.7 Å². The standard InChI is InChI=1S/C17H15BrN2O2S/c18-12-5-3-4-11(8-12)10-19-16(21)9-15-17(22)20-13-6-1-2-7-14(13)23-15/h1-8,15H,9-10H2,(H,19,21)(H,20,22). The van der Waals surface area contributed by atoms with Crippen molar-refractivity contribution in [3.05, 3.63) is 58.6 Å². The molecule has 1 heterocycles. The number of para-hydroxylation sites is 1. The zero-order chi connectivity index (χ0) is 16.2. The number of carbonyl (C=O) groups excluding carboxylic acids is 2. The maximum atomic E-state index is 12.1. The minimum absolute atomic E-state index is 0.119. The number of nitrogens with one attached hydrogen (secondary N) is 2. The molecule has 0 spiro atoms. The second-order valence-electron chi connectivity index (χ2n) is 5.20. The monoisotopic (exact) mass is 390 g/mol. The molecule has 23 heavy (non-hydrogen) atoms. The molecule has 4 nitrogen and oxygen atoms in total. The van der Waals surface area contributed by atoms with Crippen LogP contribution in [0.4, 0.5) is 5.69 Å². The summed E-state index contributed by atoms with van der Waals surface area (Å²) >= 11 is 4.84. The van der Waals surface area contributed by atoms with Gasteiger partial charge in [-0.05, 0) is 29.8 Å². The van der Waals surface area contributed by atoms with E-state index >= 15 is 0 Å². The highest BCUT2D eigenvalue weighted by Gasteiger charge is 2.28. The van der Waals surface area contributed by atoms with Crippen LogP contribution in [-0.2, 0) is 16.1 Å². The Bertz CT molecular complexity index is 751. The molecule has 0 aromatic heterocycles. The van der Waals surface area contributed by atoms with Gasteiger partial charge in [0, 0.05) is 22.3 Å². The largest absolute Gasteiger partial charge is 0.352 e. The van der Waals surface area contributed by atoms with Crippen LogP contribution in [0.15, 0.2) is 57.9 Å². The lowest BCUT2D eigenvalue weighted by atomic mass is 10.2. The van der Waals surface area contributed by atoms with E-state index in [4.69, 9.17) is 0 Å². The van der Waals surface area contributed by atoms with Crippen LogP contribution < -0.4 is 10.6 Å². The summed E-state index contributed by atoms with van der Waals surface area (Å²) in [5, 5.41) is 5.32. The highest BCUT2D eigenvalue weighted by atomic mass is 79.9. The number of amides is 2. The SMILES string of the molecule is O=C(CC1Sc2ccccc2NC1=O)NCc1cccc(Br)c1. The van der Waals surface area contributed by atoms with Gasteiger partial charge in [0.25, 0.3) is 0 Å². The van der Waals surface area contributed by atoms with E-state index in [1.807, 2.05) is 48.5 Å². The molecule has 1 aliphatic heterocycles. The topological polar surface area (TPSA) is 58.2 Å². The van der Waals surface area contributed by atoms with E-state index in [9.17, 15) is 9.59 Å². The summed E-state index contributed by atoms with van der Waals surface area (Å²) in [4.78, 5) is 25.2. The molecular weight excluding hydrogens is 376 g/mol. The number of hydrogen-bond donors (Lipinski definition) is 2. The lowest BCUT2D eigenvalue weighted by Gasteiger charge is -2.23. The van der Waals surface area contributed by atoms with E-state index in [1.54, 1.807) is 0 Å². The Balaban J connectivity index is 1.57. The summed E-state index contributed by atoms with van der Waals surface area (Å²) in [6.45, 7) is 0.452. The van der Waals surface area contributed by atoms with E-state index < -0.39 is 5.25 Å². The maximum Gasteiger partial charge on any atom is 0.238 e. The molecule has 118 valence electrons. The molecule has 0 aliphatic carbocycles. The molecule has 3 rings (SSSR count). The Morgan fingerprint density at radius 1 is 1.22 bits per heavy atom. The molecule has 1 aliphatic rings. The third-order valence-electron chi connectivity index (χ3n) is 3.46. The van der Waals surface area contributed by atoms with Crippen molar-refractivity contribution in [1.82, 2.24) is 5.32 Å². The summed E-state index contributed by atoms with van der Waals surface area (Å²) in [6.07, 6.45) is 0.166. The lowest BCUT2D eigenvalue weighted by Crippen LogP contribution is -2.34. The zero-order valence-corrected chi connectivity index (χ0v) is 14.6. The first-order valence-corrected chi connectivity index (χ1v) is 8.87. The Labute approximate surface area is 147 Å². The molecule has 2 aromatic carbocycles. The molecule has 2 N–H and O–H groups in total. The Kier molecular flexibility index (Phi) is 5.03. The van der Waals surface area contributed by atoms with Crippen molar-refractivity contribution < 1.29 is 9.59 Å². The minimum atomic E-state index is -0.396. The first kappa shape index (κ1) is 16.1. The first-order valence-electron chi connectivity index (χ1n) is 7.19. The van der Waals surface area contributed by atoms with Gasteiger partial charge in [-0.15, -0.1) is 11.8 Å². The van der Waals surface area contributed by atoms with Gasteiger partial charge in [0.05, 0.1) is 10.9 Å². The second kappa shape index (κ2) is 7.19. The summed E-state index contributed by atoms with van der Waals surface area (Å²) in [6, 6.07) is 15.4. The third-order valence-corrected chi connectivity index (χ3v) is 5.22. The number of benzene rings is 2. The van der Waals surface area contributed by atoms with Gasteiger partial charge in [-0.2, -0.15) is 0 Å². The van der Waals surface area contributed by atoms with Crippen LogP contribution in [0, 0.1) is 0 Å². The smallest absolute Gasteiger partial charge is 0.238 e. The lowest BCUT2D eigenvalue weighted by molar-refractivity contribution is -0.124. The molecule has 0 saturated carbocycles. The van der Waals surface area contributed by atoms with Crippen LogP contribution in [0.25, 0.3) is 0 Å². The van der Waals surface area contributed by atoms with Gasteiger partial charge in [-0.3, -0.25) is 9.59 Å². The summed E-state index contributed by atoms with van der Waals surface area (Å²) < 4.78 is 0.975. The van der Waals surface area contributed by atoms with Gasteiger partial charge < -0.3 is 10.6 Å². The second-order valence-corrected chi connectivity index (χ2v) is 7.36. The molecule has 6 heteroatoms. The van der Waals surface area contributed by atoms with Gasteiger partial charge in [-0.25, -0.2) is 0 Å². The van der Waals surface area contributed by atoms with Crippen LogP contribution in [0.1, 0.15) is 12.0 Å². The molecule has 1 atom stereocenters. The highest BCUT2D eigenvalue weighted by Crippen LogP contribution is 2.36. The summed E-state index contributed by atoms with van der Waals surface area (Å²) in [5.41, 5.74) is 1.83. The predicted molar refractivity (Wildman–Crippen MR) is 95.3 cm³/mol. The predicted octanol–water partition coefficient (Wildman–Crippen LogP) is 3.57. The number of carbonyl (C=O) groups is 2. The number of hydrogen-bond acceptors (Lipinski definition) is 3. The van der Waals surface area contributed by atoms with E-state index in [0.29, 0.717) is 6.54 Å². The van der Waals surface area contributed by atoms with Crippen LogP contribution in [0.5, 0.6) is 0 Å². The summed E-state index contributed by atoms with van der Waals surface area (Å²) in [7, 11) is 0. The first-order chi connectivity index (χ1) is 11.1. The Hall–Kier alpha value is -1.79. The van der Waals surface area contributed by atoms with Crippen LogP contribution in [0.3, 0.4) is 0 Å². The van der Waals surface area contributed by atoms with Crippen molar-refractivity contribution in [1.29, 1.82) is 0 Å². The fourth-order valence-electron chi connectivity index (χ4n) is 2.32. The third kappa shape index (κ3) is 4.14. The molecule has 1 unspecified atom stereocenters. The normalized spacial score (nSPS) is 16.4. The van der Waals surface area contributed by atoms with Gasteiger partial charge in [-0.1, -0.05) is 40.2 Å². The van der Waals surface area contributed by atoms with Crippen molar-refractivity contribution in [2.45, 2.75) is 23.1 Å². The van der Waals surface area contributed by atoms with Gasteiger partial charge in [0.15, 0.2) is 0 Å². The fraction of sp³-hybridized carbons (Fsp3) is 0.176. The average molecular weight is 391 g/mol. The Morgan fingerprint density at radius 3 is 2.87 bits per heavy atom.